The first-order valence-electron chi connectivity index (χ1n) is 2.50. The van der Waals surface area contributed by atoms with Crippen molar-refractivity contribution in [1.82, 2.24) is 0 Å². The lowest BCUT2D eigenvalue weighted by Gasteiger charge is -1.86. The van der Waals surface area contributed by atoms with Gasteiger partial charge >= 0.3 is 0 Å². The smallest absolute Gasteiger partial charge is 0.181 e. The van der Waals surface area contributed by atoms with Gasteiger partial charge in [-0.1, -0.05) is 13.3 Å². The Morgan fingerprint density at radius 3 is 2.43 bits per heavy atom. The lowest BCUT2D eigenvalue weighted by molar-refractivity contribution is 0.712. The molecule has 0 fully saturated rings. The van der Waals surface area contributed by atoms with Crippen molar-refractivity contribution in [3.05, 3.63) is 0 Å². The topological polar surface area (TPSA) is 23.9 Å². The highest BCUT2D eigenvalue weighted by Gasteiger charge is 1.87. The molecule has 0 heterocycles. The Labute approximate surface area is 43.0 Å². The number of unbranched alkanes of at least 4 members (excludes halogenated alkanes) is 1. The standard InChI is InChI=1S/C5H10FN/c1-2-3-4-5(6)7/h7H,2-4H2,1H3. The Hall–Kier alpha value is -0.400. The average molecular weight is 103 g/mol. The highest BCUT2D eigenvalue weighted by Crippen LogP contribution is 1.94. The van der Waals surface area contributed by atoms with Crippen molar-refractivity contribution in [3.63, 3.8) is 0 Å². The number of hydrogen-bond acceptors (Lipinski definition) is 1. The van der Waals surface area contributed by atoms with Gasteiger partial charge in [-0.25, -0.2) is 0 Å². The molecule has 0 amide bonds. The van der Waals surface area contributed by atoms with Crippen LogP contribution in [0.5, 0.6) is 0 Å². The summed E-state index contributed by atoms with van der Waals surface area (Å²) in [5.74, 6) is -0.693. The fraction of sp³-hybridized carbons (Fsp3) is 0.800. The van der Waals surface area contributed by atoms with Crippen LogP contribution in [0.1, 0.15) is 26.2 Å². The Balaban J connectivity index is 2.82. The van der Waals surface area contributed by atoms with Gasteiger partial charge in [-0.2, -0.15) is 4.39 Å². The van der Waals surface area contributed by atoms with Gasteiger partial charge < -0.3 is 0 Å². The molecule has 7 heavy (non-hydrogen) atoms. The molecular weight excluding hydrogens is 93.1 g/mol. The van der Waals surface area contributed by atoms with Crippen molar-refractivity contribution in [2.45, 2.75) is 26.2 Å². The molecular formula is C5H10FN. The van der Waals surface area contributed by atoms with Crippen LogP contribution in [0.2, 0.25) is 0 Å². The zero-order valence-electron chi connectivity index (χ0n) is 4.50. The highest BCUT2D eigenvalue weighted by molar-refractivity contribution is 5.70. The van der Waals surface area contributed by atoms with Crippen LogP contribution in [-0.2, 0) is 0 Å². The van der Waals surface area contributed by atoms with E-state index in [2.05, 4.69) is 0 Å². The van der Waals surface area contributed by atoms with Crippen molar-refractivity contribution in [2.75, 3.05) is 0 Å². The molecule has 0 saturated heterocycles. The molecule has 0 saturated carbocycles. The van der Waals surface area contributed by atoms with E-state index < -0.39 is 5.97 Å². The third kappa shape index (κ3) is 5.60. The fourth-order valence-corrected chi connectivity index (χ4v) is 0.332. The summed E-state index contributed by atoms with van der Waals surface area (Å²) in [6.07, 6.45) is 2.08. The molecule has 0 bridgehead atoms. The van der Waals surface area contributed by atoms with Crippen LogP contribution in [0.15, 0.2) is 0 Å². The summed E-state index contributed by atoms with van der Waals surface area (Å²) in [6.45, 7) is 1.98. The Kier molecular flexibility index (Phi) is 3.56. The second kappa shape index (κ2) is 3.78. The zero-order valence-corrected chi connectivity index (χ0v) is 4.50. The van der Waals surface area contributed by atoms with Gasteiger partial charge in [0.15, 0.2) is 5.97 Å². The number of hydrogen-bond donors (Lipinski definition) is 1. The number of halogens is 1. The van der Waals surface area contributed by atoms with E-state index in [1.54, 1.807) is 0 Å². The van der Waals surface area contributed by atoms with E-state index in [0.717, 1.165) is 12.8 Å². The fourth-order valence-electron chi connectivity index (χ4n) is 0.332. The summed E-state index contributed by atoms with van der Waals surface area (Å²) in [4.78, 5) is 0. The maximum atomic E-state index is 11.5. The third-order valence-electron chi connectivity index (χ3n) is 0.750. The number of nitrogens with one attached hydrogen (secondary N) is 1. The SMILES string of the molecule is CCCCC(=N)F. The van der Waals surface area contributed by atoms with E-state index >= 15 is 0 Å². The van der Waals surface area contributed by atoms with Crippen molar-refractivity contribution in [2.24, 2.45) is 0 Å². The molecule has 0 aromatic rings. The molecule has 42 valence electrons. The van der Waals surface area contributed by atoms with Crippen LogP contribution < -0.4 is 0 Å². The van der Waals surface area contributed by atoms with Gasteiger partial charge in [-0.15, -0.1) is 0 Å². The van der Waals surface area contributed by atoms with Crippen molar-refractivity contribution in [1.29, 1.82) is 5.41 Å². The van der Waals surface area contributed by atoms with Gasteiger partial charge in [-0.05, 0) is 6.42 Å². The molecule has 0 radical (unpaired) electrons. The average Bonchev–Trinajstić information content (AvgIpc) is 1.61. The van der Waals surface area contributed by atoms with Crippen molar-refractivity contribution < 1.29 is 4.39 Å². The molecule has 1 N–H and O–H groups in total. The van der Waals surface area contributed by atoms with Gasteiger partial charge in [0.1, 0.15) is 0 Å². The van der Waals surface area contributed by atoms with Crippen LogP contribution >= 0.6 is 0 Å². The van der Waals surface area contributed by atoms with Gasteiger partial charge in [-0.3, -0.25) is 5.41 Å². The van der Waals surface area contributed by atoms with Crippen molar-refractivity contribution in [3.8, 4) is 0 Å². The number of rotatable bonds is 3. The molecule has 0 unspecified atom stereocenters. The van der Waals surface area contributed by atoms with Crippen LogP contribution in [-0.4, -0.2) is 5.97 Å². The normalized spacial score (nSPS) is 8.86. The van der Waals surface area contributed by atoms with Gasteiger partial charge in [0, 0.05) is 6.42 Å². The predicted molar refractivity (Wildman–Crippen MR) is 28.4 cm³/mol. The van der Waals surface area contributed by atoms with E-state index in [9.17, 15) is 4.39 Å². The molecule has 0 aromatic carbocycles. The van der Waals surface area contributed by atoms with E-state index in [1.807, 2.05) is 6.92 Å². The van der Waals surface area contributed by atoms with Crippen molar-refractivity contribution >= 4 is 5.97 Å². The third-order valence-corrected chi connectivity index (χ3v) is 0.750. The first-order chi connectivity index (χ1) is 3.27. The van der Waals surface area contributed by atoms with Gasteiger partial charge in [0.05, 0.1) is 0 Å². The minimum atomic E-state index is -0.693. The Morgan fingerprint density at radius 1 is 1.71 bits per heavy atom. The first-order valence-corrected chi connectivity index (χ1v) is 2.50. The Bertz CT molecular complexity index is 61.1. The summed E-state index contributed by atoms with van der Waals surface area (Å²) < 4.78 is 11.5. The minimum Gasteiger partial charge on any atom is -0.278 e. The molecule has 0 spiro atoms. The minimum absolute atomic E-state index is 0.316. The molecule has 2 heteroatoms. The summed E-state index contributed by atoms with van der Waals surface area (Å²) in [7, 11) is 0. The second-order valence-corrected chi connectivity index (χ2v) is 1.51. The highest BCUT2D eigenvalue weighted by atomic mass is 19.1. The van der Waals surface area contributed by atoms with Crippen LogP contribution in [0.3, 0.4) is 0 Å². The van der Waals surface area contributed by atoms with E-state index in [-0.39, 0.29) is 0 Å². The van der Waals surface area contributed by atoms with Crippen LogP contribution in [0, 0.1) is 5.41 Å². The molecule has 0 aliphatic carbocycles. The predicted octanol–water partition coefficient (Wildman–Crippen LogP) is 2.12. The van der Waals surface area contributed by atoms with Crippen LogP contribution in [0.4, 0.5) is 4.39 Å². The molecule has 0 aromatic heterocycles. The molecule has 0 aliphatic rings. The largest absolute Gasteiger partial charge is 0.278 e. The lowest BCUT2D eigenvalue weighted by atomic mass is 10.3. The van der Waals surface area contributed by atoms with E-state index in [4.69, 9.17) is 5.41 Å². The molecule has 0 rings (SSSR count). The monoisotopic (exact) mass is 103 g/mol. The van der Waals surface area contributed by atoms with Gasteiger partial charge in [0.25, 0.3) is 0 Å². The maximum absolute atomic E-state index is 11.5. The summed E-state index contributed by atoms with van der Waals surface area (Å²) in [5, 5.41) is 6.33. The zero-order chi connectivity index (χ0) is 5.70. The summed E-state index contributed by atoms with van der Waals surface area (Å²) >= 11 is 0. The molecule has 1 nitrogen and oxygen atoms in total. The van der Waals surface area contributed by atoms with Gasteiger partial charge in [0.2, 0.25) is 0 Å². The van der Waals surface area contributed by atoms with E-state index in [1.165, 1.54) is 0 Å². The molecule has 0 aliphatic heterocycles. The molecule has 0 atom stereocenters. The Morgan fingerprint density at radius 2 is 2.29 bits per heavy atom. The van der Waals surface area contributed by atoms with Crippen LogP contribution in [0.25, 0.3) is 0 Å². The second-order valence-electron chi connectivity index (χ2n) is 1.51. The van der Waals surface area contributed by atoms with E-state index in [0.29, 0.717) is 6.42 Å². The summed E-state index contributed by atoms with van der Waals surface area (Å²) in [5.41, 5.74) is 0. The quantitative estimate of drug-likeness (QED) is 0.529. The maximum Gasteiger partial charge on any atom is 0.181 e. The lowest BCUT2D eigenvalue weighted by Crippen LogP contribution is -1.82. The summed E-state index contributed by atoms with van der Waals surface area (Å²) in [6, 6.07) is 0. The first kappa shape index (κ1) is 6.60.